The molecule has 0 spiro atoms. The Morgan fingerprint density at radius 2 is 2.11 bits per heavy atom. The largest absolute Gasteiger partial charge is 0.458 e. The van der Waals surface area contributed by atoms with E-state index in [1.807, 2.05) is 12.1 Å². The molecule has 2 nitrogen and oxygen atoms in total. The van der Waals surface area contributed by atoms with Crippen molar-refractivity contribution in [2.75, 3.05) is 6.61 Å². The fourth-order valence-electron chi connectivity index (χ4n) is 1.51. The quantitative estimate of drug-likeness (QED) is 0.564. The van der Waals surface area contributed by atoms with E-state index in [9.17, 15) is 4.79 Å². The van der Waals surface area contributed by atoms with Crippen LogP contribution in [0.1, 0.15) is 35.7 Å². The van der Waals surface area contributed by atoms with Gasteiger partial charge >= 0.3 is 5.97 Å². The number of carbonyl (C=O) groups excluding carboxylic acids is 1. The van der Waals surface area contributed by atoms with Crippen LogP contribution in [0.5, 0.6) is 0 Å². The number of aryl methyl sites for hydroxylation is 1. The molecule has 0 atom stereocenters. The molecule has 0 N–H and O–H groups in total. The second-order valence-corrected chi connectivity index (χ2v) is 3.97. The van der Waals surface area contributed by atoms with Crippen LogP contribution in [0.3, 0.4) is 0 Å². The molecule has 0 heterocycles. The Labute approximate surface area is 109 Å². The van der Waals surface area contributed by atoms with Crippen molar-refractivity contribution in [3.8, 4) is 12.3 Å². The zero-order valence-corrected chi connectivity index (χ0v) is 10.7. The van der Waals surface area contributed by atoms with Gasteiger partial charge in [0.05, 0.1) is 5.56 Å². The van der Waals surface area contributed by atoms with Crippen molar-refractivity contribution < 1.29 is 9.53 Å². The Morgan fingerprint density at radius 1 is 1.39 bits per heavy atom. The van der Waals surface area contributed by atoms with E-state index < -0.39 is 0 Å². The molecule has 0 amide bonds. The van der Waals surface area contributed by atoms with Crippen LogP contribution in [0, 0.1) is 12.3 Å². The monoisotopic (exact) mass is 242 g/mol. The lowest BCUT2D eigenvalue weighted by molar-refractivity contribution is 0.0549. The van der Waals surface area contributed by atoms with Crippen molar-refractivity contribution in [2.45, 2.75) is 26.2 Å². The molecule has 2 heteroatoms. The summed E-state index contributed by atoms with van der Waals surface area (Å²) in [4.78, 5) is 11.6. The first-order valence-corrected chi connectivity index (χ1v) is 6.15. The smallest absolute Gasteiger partial charge is 0.338 e. The Kier molecular flexibility index (Phi) is 6.35. The molecular formula is C16H18O2. The average molecular weight is 242 g/mol. The van der Waals surface area contributed by atoms with Gasteiger partial charge in [-0.2, -0.15) is 0 Å². The Balaban J connectivity index is 2.49. The number of esters is 1. The van der Waals surface area contributed by atoms with Crippen molar-refractivity contribution in [3.05, 3.63) is 47.5 Å². The molecule has 0 saturated carbocycles. The predicted molar refractivity (Wildman–Crippen MR) is 73.3 cm³/mol. The molecule has 0 fully saturated rings. The van der Waals surface area contributed by atoms with E-state index in [-0.39, 0.29) is 12.6 Å². The summed E-state index contributed by atoms with van der Waals surface area (Å²) in [6, 6.07) is 7.56. The summed E-state index contributed by atoms with van der Waals surface area (Å²) in [5.74, 6) is 2.02. The van der Waals surface area contributed by atoms with Gasteiger partial charge in [-0.15, -0.1) is 6.42 Å². The highest BCUT2D eigenvalue weighted by Gasteiger charge is 2.05. The summed E-state index contributed by atoms with van der Waals surface area (Å²) >= 11 is 0. The molecule has 0 saturated heterocycles. The molecular weight excluding hydrogens is 224 g/mol. The molecule has 0 bridgehead atoms. The summed E-state index contributed by atoms with van der Waals surface area (Å²) in [6.45, 7) is 2.37. The Hall–Kier alpha value is -2.01. The highest BCUT2D eigenvalue weighted by molar-refractivity contribution is 5.89. The average Bonchev–Trinajstić information content (AvgIpc) is 2.41. The molecule has 18 heavy (non-hydrogen) atoms. The van der Waals surface area contributed by atoms with E-state index in [0.717, 1.165) is 6.42 Å². The molecule has 0 aliphatic heterocycles. The lowest BCUT2D eigenvalue weighted by Crippen LogP contribution is -2.05. The molecule has 0 radical (unpaired) electrons. The van der Waals surface area contributed by atoms with Crippen LogP contribution in [0.25, 0.3) is 0 Å². The first kappa shape index (κ1) is 14.1. The van der Waals surface area contributed by atoms with Crippen molar-refractivity contribution in [1.29, 1.82) is 0 Å². The first-order valence-electron chi connectivity index (χ1n) is 6.15. The van der Waals surface area contributed by atoms with Crippen LogP contribution in [0.2, 0.25) is 0 Å². The van der Waals surface area contributed by atoms with Crippen molar-refractivity contribution in [1.82, 2.24) is 0 Å². The van der Waals surface area contributed by atoms with Gasteiger partial charge < -0.3 is 4.74 Å². The highest BCUT2D eigenvalue weighted by atomic mass is 16.5. The standard InChI is InChI=1S/C16H18O2/c1-3-5-7-13-18-16(17)15-11-9-14(10-12-15)8-6-4-2/h1,5,7,9-12H,4,6,8,13H2,2H3/b7-5+. The van der Waals surface area contributed by atoms with Gasteiger partial charge in [0.1, 0.15) is 6.61 Å². The molecule has 0 aliphatic rings. The minimum atomic E-state index is -0.321. The second-order valence-electron chi connectivity index (χ2n) is 3.97. The number of hydrogen-bond acceptors (Lipinski definition) is 2. The Morgan fingerprint density at radius 3 is 2.72 bits per heavy atom. The maximum absolute atomic E-state index is 11.6. The van der Waals surface area contributed by atoms with Crippen LogP contribution >= 0.6 is 0 Å². The SMILES string of the molecule is C#C/C=C/COC(=O)c1ccc(CCCC)cc1. The van der Waals surface area contributed by atoms with Gasteiger partial charge in [-0.1, -0.05) is 31.4 Å². The molecule has 1 aromatic carbocycles. The van der Waals surface area contributed by atoms with Gasteiger partial charge in [0.25, 0.3) is 0 Å². The van der Waals surface area contributed by atoms with E-state index in [2.05, 4.69) is 12.8 Å². The van der Waals surface area contributed by atoms with Crippen LogP contribution in [0.15, 0.2) is 36.4 Å². The zero-order valence-electron chi connectivity index (χ0n) is 10.7. The van der Waals surface area contributed by atoms with Crippen LogP contribution in [-0.2, 0) is 11.2 Å². The lowest BCUT2D eigenvalue weighted by atomic mass is 10.1. The number of rotatable bonds is 6. The third-order valence-electron chi connectivity index (χ3n) is 2.53. The molecule has 1 rings (SSSR count). The Bertz CT molecular complexity index is 435. The van der Waals surface area contributed by atoms with E-state index >= 15 is 0 Å². The van der Waals surface area contributed by atoms with E-state index in [1.165, 1.54) is 24.5 Å². The topological polar surface area (TPSA) is 26.3 Å². The summed E-state index contributed by atoms with van der Waals surface area (Å²) in [5, 5.41) is 0. The van der Waals surface area contributed by atoms with Gasteiger partial charge in [-0.25, -0.2) is 4.79 Å². The van der Waals surface area contributed by atoms with E-state index in [1.54, 1.807) is 18.2 Å². The van der Waals surface area contributed by atoms with Gasteiger partial charge in [-0.05, 0) is 42.7 Å². The van der Waals surface area contributed by atoms with E-state index in [4.69, 9.17) is 11.2 Å². The fraction of sp³-hybridized carbons (Fsp3) is 0.312. The third kappa shape index (κ3) is 4.88. The van der Waals surface area contributed by atoms with Crippen molar-refractivity contribution in [3.63, 3.8) is 0 Å². The third-order valence-corrected chi connectivity index (χ3v) is 2.53. The summed E-state index contributed by atoms with van der Waals surface area (Å²) < 4.78 is 5.03. The molecule has 0 unspecified atom stereocenters. The summed E-state index contributed by atoms with van der Waals surface area (Å²) in [6.07, 6.45) is 11.6. The lowest BCUT2D eigenvalue weighted by Gasteiger charge is -2.03. The number of ether oxygens (including phenoxy) is 1. The normalized spacial score (nSPS) is 10.2. The predicted octanol–water partition coefficient (Wildman–Crippen LogP) is 3.38. The first-order chi connectivity index (χ1) is 8.77. The number of allylic oxidation sites excluding steroid dienone is 1. The zero-order chi connectivity index (χ0) is 13.2. The van der Waals surface area contributed by atoms with Gasteiger partial charge in [0.2, 0.25) is 0 Å². The number of unbranched alkanes of at least 4 members (excludes halogenated alkanes) is 1. The van der Waals surface area contributed by atoms with E-state index in [0.29, 0.717) is 5.56 Å². The summed E-state index contributed by atoms with van der Waals surface area (Å²) in [5.41, 5.74) is 1.82. The van der Waals surface area contributed by atoms with Crippen LogP contribution < -0.4 is 0 Å². The minimum absolute atomic E-state index is 0.209. The van der Waals surface area contributed by atoms with Crippen molar-refractivity contribution >= 4 is 5.97 Å². The minimum Gasteiger partial charge on any atom is -0.458 e. The van der Waals surface area contributed by atoms with Crippen LogP contribution in [-0.4, -0.2) is 12.6 Å². The number of benzene rings is 1. The van der Waals surface area contributed by atoms with Gasteiger partial charge in [-0.3, -0.25) is 0 Å². The summed E-state index contributed by atoms with van der Waals surface area (Å²) in [7, 11) is 0. The molecule has 1 aromatic rings. The second kappa shape index (κ2) is 8.14. The van der Waals surface area contributed by atoms with Gasteiger partial charge in [0.15, 0.2) is 0 Å². The maximum atomic E-state index is 11.6. The molecule has 0 aliphatic carbocycles. The maximum Gasteiger partial charge on any atom is 0.338 e. The fourth-order valence-corrected chi connectivity index (χ4v) is 1.51. The van der Waals surface area contributed by atoms with Gasteiger partial charge in [0, 0.05) is 0 Å². The molecule has 94 valence electrons. The number of hydrogen-bond donors (Lipinski definition) is 0. The number of terminal acetylenes is 1. The molecule has 0 aromatic heterocycles. The highest BCUT2D eigenvalue weighted by Crippen LogP contribution is 2.09. The number of carbonyl (C=O) groups is 1. The van der Waals surface area contributed by atoms with Crippen molar-refractivity contribution in [2.24, 2.45) is 0 Å². The van der Waals surface area contributed by atoms with Crippen LogP contribution in [0.4, 0.5) is 0 Å².